The molecule has 0 amide bonds. The number of aryl methyl sites for hydroxylation is 2. The van der Waals surface area contributed by atoms with Crippen molar-refractivity contribution in [3.8, 4) is 0 Å². The van der Waals surface area contributed by atoms with Crippen LogP contribution >= 0.6 is 35.6 Å². The fraction of sp³-hybridized carbons (Fsp3) is 0.526. The number of aromatic nitrogens is 3. The van der Waals surface area contributed by atoms with Crippen molar-refractivity contribution in [2.75, 3.05) is 31.1 Å². The smallest absolute Gasteiger partial charge is 0.191 e. The predicted octanol–water partition coefficient (Wildman–Crippen LogP) is 2.98. The van der Waals surface area contributed by atoms with E-state index in [2.05, 4.69) is 56.6 Å². The van der Waals surface area contributed by atoms with Crippen molar-refractivity contribution in [1.82, 2.24) is 25.4 Å². The van der Waals surface area contributed by atoms with Gasteiger partial charge in [0.05, 0.1) is 0 Å². The van der Waals surface area contributed by atoms with Crippen LogP contribution in [0, 0.1) is 12.8 Å². The second-order valence-corrected chi connectivity index (χ2v) is 7.34. The van der Waals surface area contributed by atoms with Gasteiger partial charge in [-0.2, -0.15) is 5.10 Å². The molecule has 1 aliphatic heterocycles. The highest BCUT2D eigenvalue weighted by molar-refractivity contribution is 14.0. The molecule has 9 heteroatoms. The van der Waals surface area contributed by atoms with Crippen LogP contribution in [-0.2, 0) is 13.6 Å². The largest absolute Gasteiger partial charge is 0.371 e. The molecule has 1 aromatic heterocycles. The summed E-state index contributed by atoms with van der Waals surface area (Å²) in [5.41, 5.74) is 2.51. The van der Waals surface area contributed by atoms with Crippen LogP contribution in [0.25, 0.3) is 0 Å². The third-order valence-corrected chi connectivity index (χ3v) is 5.12. The topological polar surface area (TPSA) is 70.4 Å². The number of halogens is 2. The molecule has 2 aromatic rings. The Bertz CT molecular complexity index is 792. The third-order valence-electron chi connectivity index (χ3n) is 4.88. The van der Waals surface area contributed by atoms with E-state index in [0.29, 0.717) is 12.5 Å². The number of benzene rings is 1. The molecule has 154 valence electrons. The minimum absolute atomic E-state index is 0. The van der Waals surface area contributed by atoms with Crippen LogP contribution in [0.1, 0.15) is 24.7 Å². The average Bonchev–Trinajstić information content (AvgIpc) is 3.28. The molecule has 2 heterocycles. The lowest BCUT2D eigenvalue weighted by Gasteiger charge is -2.21. The first kappa shape index (κ1) is 22.7. The van der Waals surface area contributed by atoms with E-state index in [1.54, 1.807) is 11.0 Å². The molecule has 28 heavy (non-hydrogen) atoms. The van der Waals surface area contributed by atoms with Gasteiger partial charge in [-0.15, -0.1) is 24.0 Å². The standard InChI is InChI=1S/C19H28ClN7.HI/c1-4-21-19(23-11-18-24-13-25-26(18)3)22-10-15-7-8-27(12-15)17-9-16(20)6-5-14(17)2;/h5-6,9,13,15H,4,7-8,10-12H2,1-3H3,(H2,21,22,23);1H. The normalized spacial score (nSPS) is 16.8. The third kappa shape index (κ3) is 5.97. The SMILES string of the molecule is CCNC(=NCc1ncnn1C)NCC1CCN(c2cc(Cl)ccc2C)C1.I. The monoisotopic (exact) mass is 517 g/mol. The molecule has 0 aliphatic carbocycles. The minimum Gasteiger partial charge on any atom is -0.371 e. The summed E-state index contributed by atoms with van der Waals surface area (Å²) < 4.78 is 1.75. The first-order chi connectivity index (χ1) is 13.1. The van der Waals surface area contributed by atoms with Crippen molar-refractivity contribution in [3.05, 3.63) is 40.9 Å². The summed E-state index contributed by atoms with van der Waals surface area (Å²) in [6.07, 6.45) is 2.71. The first-order valence-electron chi connectivity index (χ1n) is 9.43. The number of rotatable bonds is 6. The molecule has 7 nitrogen and oxygen atoms in total. The second-order valence-electron chi connectivity index (χ2n) is 6.91. The highest BCUT2D eigenvalue weighted by Gasteiger charge is 2.24. The summed E-state index contributed by atoms with van der Waals surface area (Å²) in [5.74, 6) is 2.23. The van der Waals surface area contributed by atoms with Gasteiger partial charge in [-0.05, 0) is 43.9 Å². The summed E-state index contributed by atoms with van der Waals surface area (Å²) in [6, 6.07) is 6.11. The molecule has 0 radical (unpaired) electrons. The van der Waals surface area contributed by atoms with Crippen molar-refractivity contribution in [3.63, 3.8) is 0 Å². The number of aliphatic imine (C=N–C) groups is 1. The van der Waals surface area contributed by atoms with Crippen LogP contribution < -0.4 is 15.5 Å². The predicted molar refractivity (Wildman–Crippen MR) is 126 cm³/mol. The molecule has 3 rings (SSSR count). The van der Waals surface area contributed by atoms with Gasteiger partial charge in [-0.25, -0.2) is 9.98 Å². The molecule has 0 saturated carbocycles. The van der Waals surface area contributed by atoms with E-state index in [4.69, 9.17) is 11.6 Å². The van der Waals surface area contributed by atoms with Crippen molar-refractivity contribution < 1.29 is 0 Å². The van der Waals surface area contributed by atoms with Gasteiger partial charge in [0.25, 0.3) is 0 Å². The van der Waals surface area contributed by atoms with E-state index < -0.39 is 0 Å². The van der Waals surface area contributed by atoms with Gasteiger partial charge in [0.1, 0.15) is 18.7 Å². The molecular weight excluding hydrogens is 489 g/mol. The Labute approximate surface area is 189 Å². The van der Waals surface area contributed by atoms with Gasteiger partial charge in [-0.1, -0.05) is 17.7 Å². The lowest BCUT2D eigenvalue weighted by molar-refractivity contribution is 0.565. The number of anilines is 1. The molecule has 2 N–H and O–H groups in total. The Morgan fingerprint density at radius 2 is 2.18 bits per heavy atom. The molecule has 1 atom stereocenters. The Balaban J connectivity index is 0.00000280. The zero-order chi connectivity index (χ0) is 19.2. The summed E-state index contributed by atoms with van der Waals surface area (Å²) >= 11 is 6.18. The molecule has 1 aromatic carbocycles. The number of hydrogen-bond donors (Lipinski definition) is 2. The fourth-order valence-corrected chi connectivity index (χ4v) is 3.50. The van der Waals surface area contributed by atoms with Crippen LogP contribution in [0.5, 0.6) is 0 Å². The van der Waals surface area contributed by atoms with Crippen LogP contribution in [-0.4, -0.2) is 46.9 Å². The number of nitrogens with zero attached hydrogens (tertiary/aromatic N) is 5. The van der Waals surface area contributed by atoms with Gasteiger partial charge in [-0.3, -0.25) is 4.68 Å². The Kier molecular flexibility index (Phi) is 8.81. The van der Waals surface area contributed by atoms with E-state index in [1.807, 2.05) is 13.1 Å². The van der Waals surface area contributed by atoms with Crippen molar-refractivity contribution >= 4 is 47.2 Å². The van der Waals surface area contributed by atoms with Crippen molar-refractivity contribution in [2.24, 2.45) is 18.0 Å². The molecule has 1 unspecified atom stereocenters. The van der Waals surface area contributed by atoms with Crippen molar-refractivity contribution in [2.45, 2.75) is 26.8 Å². The Hall–Kier alpha value is -1.55. The lowest BCUT2D eigenvalue weighted by atomic mass is 10.1. The van der Waals surface area contributed by atoms with E-state index in [0.717, 1.165) is 49.4 Å². The average molecular weight is 518 g/mol. The Morgan fingerprint density at radius 1 is 1.36 bits per heavy atom. The van der Waals surface area contributed by atoms with Gasteiger partial charge in [0.15, 0.2) is 5.96 Å². The molecule has 1 fully saturated rings. The molecule has 1 saturated heterocycles. The molecule has 0 spiro atoms. The summed E-state index contributed by atoms with van der Waals surface area (Å²) in [6.45, 7) is 8.50. The zero-order valence-corrected chi connectivity index (χ0v) is 19.7. The molecule has 1 aliphatic rings. The summed E-state index contributed by atoms with van der Waals surface area (Å²) in [7, 11) is 1.88. The highest BCUT2D eigenvalue weighted by atomic mass is 127. The van der Waals surface area contributed by atoms with Gasteiger partial charge < -0.3 is 15.5 Å². The maximum atomic E-state index is 6.18. The minimum atomic E-state index is 0. The van der Waals surface area contributed by atoms with Gasteiger partial charge in [0, 0.05) is 43.9 Å². The summed E-state index contributed by atoms with van der Waals surface area (Å²) in [4.78, 5) is 11.3. The van der Waals surface area contributed by atoms with Crippen molar-refractivity contribution in [1.29, 1.82) is 0 Å². The van der Waals surface area contributed by atoms with E-state index in [9.17, 15) is 0 Å². The molecular formula is C19H29ClIN7. The van der Waals surface area contributed by atoms with Gasteiger partial charge >= 0.3 is 0 Å². The van der Waals surface area contributed by atoms with Gasteiger partial charge in [0.2, 0.25) is 0 Å². The van der Waals surface area contributed by atoms with Crippen LogP contribution in [0.2, 0.25) is 5.02 Å². The lowest BCUT2D eigenvalue weighted by Crippen LogP contribution is -2.40. The van der Waals surface area contributed by atoms with E-state index >= 15 is 0 Å². The fourth-order valence-electron chi connectivity index (χ4n) is 3.34. The van der Waals surface area contributed by atoms with Crippen LogP contribution in [0.4, 0.5) is 5.69 Å². The maximum Gasteiger partial charge on any atom is 0.191 e. The van der Waals surface area contributed by atoms with Crippen LogP contribution in [0.15, 0.2) is 29.5 Å². The highest BCUT2D eigenvalue weighted by Crippen LogP contribution is 2.29. The number of nitrogens with one attached hydrogen (secondary N) is 2. The quantitative estimate of drug-likeness (QED) is 0.350. The number of hydrogen-bond acceptors (Lipinski definition) is 4. The van der Waals surface area contributed by atoms with Crippen LogP contribution in [0.3, 0.4) is 0 Å². The zero-order valence-electron chi connectivity index (χ0n) is 16.7. The summed E-state index contributed by atoms with van der Waals surface area (Å²) in [5, 5.41) is 11.6. The second kappa shape index (κ2) is 10.8. The maximum absolute atomic E-state index is 6.18. The first-order valence-corrected chi connectivity index (χ1v) is 9.80. The van der Waals surface area contributed by atoms with E-state index in [-0.39, 0.29) is 24.0 Å². The molecule has 0 bridgehead atoms. The van der Waals surface area contributed by atoms with E-state index in [1.165, 1.54) is 11.3 Å². The number of guanidine groups is 1. The Morgan fingerprint density at radius 3 is 2.89 bits per heavy atom.